The average Bonchev–Trinajstić information content (AvgIpc) is 3.02. The molecule has 1 aromatic heterocycles. The Morgan fingerprint density at radius 1 is 1.42 bits per heavy atom. The highest BCUT2D eigenvalue weighted by Gasteiger charge is 2.38. The van der Waals surface area contributed by atoms with Gasteiger partial charge in [-0.1, -0.05) is 25.0 Å². The summed E-state index contributed by atoms with van der Waals surface area (Å²) in [6.45, 7) is 1.97. The number of thiazole rings is 1. The van der Waals surface area contributed by atoms with Crippen molar-refractivity contribution in [1.29, 1.82) is 0 Å². The third kappa shape index (κ3) is 3.44. The molecular weight excluding hydrogens is 322 g/mol. The molecule has 24 heavy (non-hydrogen) atoms. The second-order valence-electron chi connectivity index (χ2n) is 6.53. The quantitative estimate of drug-likeness (QED) is 0.886. The lowest BCUT2D eigenvalue weighted by atomic mass is 9.74. The van der Waals surface area contributed by atoms with Crippen LogP contribution in [0.2, 0.25) is 0 Å². The van der Waals surface area contributed by atoms with Crippen LogP contribution < -0.4 is 15.8 Å². The minimum absolute atomic E-state index is 0.0272. The molecule has 2 unspecified atom stereocenters. The van der Waals surface area contributed by atoms with Gasteiger partial charge in [0.1, 0.15) is 5.75 Å². The lowest BCUT2D eigenvalue weighted by Gasteiger charge is -2.36. The smallest absolute Gasteiger partial charge is 0.231 e. The first-order valence-electron chi connectivity index (χ1n) is 8.20. The number of nitrogens with two attached hydrogens (primary N) is 1. The third-order valence-electron chi connectivity index (χ3n) is 4.69. The molecule has 1 aromatic carbocycles. The van der Waals surface area contributed by atoms with Crippen LogP contribution in [-0.2, 0) is 4.79 Å². The van der Waals surface area contributed by atoms with E-state index in [9.17, 15) is 4.79 Å². The first-order chi connectivity index (χ1) is 11.5. The Kier molecular flexibility index (Phi) is 4.87. The van der Waals surface area contributed by atoms with Crippen LogP contribution >= 0.6 is 11.3 Å². The number of anilines is 1. The zero-order valence-electron chi connectivity index (χ0n) is 14.0. The molecule has 0 radical (unpaired) electrons. The number of carbonyl (C=O) groups is 1. The van der Waals surface area contributed by atoms with Crippen molar-refractivity contribution in [1.82, 2.24) is 4.98 Å². The Bertz CT molecular complexity index is 727. The van der Waals surface area contributed by atoms with E-state index in [4.69, 9.17) is 10.5 Å². The zero-order chi connectivity index (χ0) is 17.2. The van der Waals surface area contributed by atoms with Crippen LogP contribution in [0.5, 0.6) is 5.75 Å². The summed E-state index contributed by atoms with van der Waals surface area (Å²) in [5.41, 5.74) is 7.59. The first kappa shape index (κ1) is 16.9. The molecule has 1 saturated carbocycles. The number of aromatic nitrogens is 1. The van der Waals surface area contributed by atoms with Crippen molar-refractivity contribution in [3.63, 3.8) is 0 Å². The molecule has 1 aliphatic rings. The molecule has 1 heterocycles. The van der Waals surface area contributed by atoms with Crippen LogP contribution in [-0.4, -0.2) is 23.5 Å². The maximum absolute atomic E-state index is 12.6. The predicted octanol–water partition coefficient (Wildman–Crippen LogP) is 3.66. The van der Waals surface area contributed by atoms with Crippen LogP contribution in [0.4, 0.5) is 5.13 Å². The molecule has 6 heteroatoms. The van der Waals surface area contributed by atoms with Crippen molar-refractivity contribution in [2.24, 2.45) is 11.7 Å². The highest BCUT2D eigenvalue weighted by atomic mass is 32.1. The van der Waals surface area contributed by atoms with E-state index in [0.717, 1.165) is 42.7 Å². The minimum atomic E-state index is -0.439. The van der Waals surface area contributed by atoms with Crippen molar-refractivity contribution >= 4 is 22.4 Å². The molecule has 0 spiro atoms. The van der Waals surface area contributed by atoms with E-state index < -0.39 is 5.54 Å². The predicted molar refractivity (Wildman–Crippen MR) is 97.3 cm³/mol. The number of nitrogens with one attached hydrogen (secondary N) is 1. The summed E-state index contributed by atoms with van der Waals surface area (Å²) in [7, 11) is 1.64. The molecule has 1 fully saturated rings. The number of rotatable bonds is 4. The van der Waals surface area contributed by atoms with Crippen LogP contribution in [0.1, 0.15) is 32.6 Å². The van der Waals surface area contributed by atoms with Gasteiger partial charge in [-0.15, -0.1) is 11.3 Å². The Balaban J connectivity index is 1.75. The van der Waals surface area contributed by atoms with Gasteiger partial charge < -0.3 is 15.8 Å². The molecule has 2 aromatic rings. The van der Waals surface area contributed by atoms with E-state index in [0.29, 0.717) is 5.13 Å². The standard InChI is InChI=1S/C18H23N3O2S/c1-18(19)10-6-5-8-13(18)16(22)21-17-20-14(11-24-17)12-7-3-4-9-15(12)23-2/h3-4,7,9,11,13H,5-6,8,10,19H2,1-2H3,(H,20,21,22). The summed E-state index contributed by atoms with van der Waals surface area (Å²) in [6, 6.07) is 7.71. The Labute approximate surface area is 146 Å². The maximum Gasteiger partial charge on any atom is 0.231 e. The number of methoxy groups -OCH3 is 1. The fourth-order valence-electron chi connectivity index (χ4n) is 3.29. The Morgan fingerprint density at radius 2 is 2.21 bits per heavy atom. The number of hydrogen-bond acceptors (Lipinski definition) is 5. The summed E-state index contributed by atoms with van der Waals surface area (Å²) in [4.78, 5) is 17.1. The van der Waals surface area contributed by atoms with Crippen LogP contribution in [0, 0.1) is 5.92 Å². The second kappa shape index (κ2) is 6.91. The lowest BCUT2D eigenvalue weighted by molar-refractivity contribution is -0.122. The van der Waals surface area contributed by atoms with Gasteiger partial charge in [0.25, 0.3) is 0 Å². The first-order valence-corrected chi connectivity index (χ1v) is 9.08. The van der Waals surface area contributed by atoms with Crippen molar-refractivity contribution in [2.45, 2.75) is 38.1 Å². The van der Waals surface area contributed by atoms with E-state index in [2.05, 4.69) is 10.3 Å². The van der Waals surface area contributed by atoms with Gasteiger partial charge in [-0.2, -0.15) is 0 Å². The summed E-state index contributed by atoms with van der Waals surface area (Å²) in [5, 5.41) is 5.47. The van der Waals surface area contributed by atoms with E-state index in [1.165, 1.54) is 11.3 Å². The monoisotopic (exact) mass is 345 g/mol. The zero-order valence-corrected chi connectivity index (χ0v) is 14.9. The van der Waals surface area contributed by atoms with Gasteiger partial charge in [0.15, 0.2) is 5.13 Å². The van der Waals surface area contributed by atoms with Gasteiger partial charge in [0.2, 0.25) is 5.91 Å². The second-order valence-corrected chi connectivity index (χ2v) is 7.39. The SMILES string of the molecule is COc1ccccc1-c1csc(NC(=O)C2CCCCC2(C)N)n1. The minimum Gasteiger partial charge on any atom is -0.496 e. The summed E-state index contributed by atoms with van der Waals surface area (Å²) in [6.07, 6.45) is 3.86. The van der Waals surface area contributed by atoms with E-state index >= 15 is 0 Å². The van der Waals surface area contributed by atoms with Crippen molar-refractivity contribution in [2.75, 3.05) is 12.4 Å². The average molecular weight is 345 g/mol. The molecule has 2 atom stereocenters. The maximum atomic E-state index is 12.6. The molecule has 3 N–H and O–H groups in total. The van der Waals surface area contributed by atoms with Crippen LogP contribution in [0.15, 0.2) is 29.6 Å². The molecule has 0 aliphatic heterocycles. The normalized spacial score (nSPS) is 23.7. The van der Waals surface area contributed by atoms with Crippen LogP contribution in [0.3, 0.4) is 0 Å². The lowest BCUT2D eigenvalue weighted by Crippen LogP contribution is -2.51. The fraction of sp³-hybridized carbons (Fsp3) is 0.444. The van der Waals surface area contributed by atoms with Crippen LogP contribution in [0.25, 0.3) is 11.3 Å². The molecule has 128 valence electrons. The van der Waals surface area contributed by atoms with E-state index in [1.807, 2.05) is 36.6 Å². The van der Waals surface area contributed by atoms with Crippen molar-refractivity contribution in [3.8, 4) is 17.0 Å². The van der Waals surface area contributed by atoms with Gasteiger partial charge >= 0.3 is 0 Å². The highest BCUT2D eigenvalue weighted by Crippen LogP contribution is 2.34. The number of benzene rings is 1. The number of carbonyl (C=O) groups excluding carboxylic acids is 1. The highest BCUT2D eigenvalue weighted by molar-refractivity contribution is 7.14. The molecule has 0 bridgehead atoms. The third-order valence-corrected chi connectivity index (χ3v) is 5.45. The number of para-hydroxylation sites is 1. The van der Waals surface area contributed by atoms with E-state index in [1.54, 1.807) is 7.11 Å². The van der Waals surface area contributed by atoms with Crippen molar-refractivity contribution in [3.05, 3.63) is 29.6 Å². The Hall–Kier alpha value is -1.92. The summed E-state index contributed by atoms with van der Waals surface area (Å²) in [5.74, 6) is 0.577. The largest absolute Gasteiger partial charge is 0.496 e. The van der Waals surface area contributed by atoms with Gasteiger partial charge in [0.05, 0.1) is 18.7 Å². The van der Waals surface area contributed by atoms with Gasteiger partial charge in [-0.05, 0) is 31.9 Å². The number of ether oxygens (including phenoxy) is 1. The molecule has 0 saturated heterocycles. The van der Waals surface area contributed by atoms with E-state index in [-0.39, 0.29) is 11.8 Å². The molecule has 1 amide bonds. The molecular formula is C18H23N3O2S. The number of amides is 1. The molecule has 3 rings (SSSR count). The number of nitrogens with zero attached hydrogens (tertiary/aromatic N) is 1. The fourth-order valence-corrected chi connectivity index (χ4v) is 4.01. The van der Waals surface area contributed by atoms with Gasteiger partial charge in [-0.25, -0.2) is 4.98 Å². The topological polar surface area (TPSA) is 77.2 Å². The van der Waals surface area contributed by atoms with Crippen molar-refractivity contribution < 1.29 is 9.53 Å². The molecule has 5 nitrogen and oxygen atoms in total. The number of hydrogen-bond donors (Lipinski definition) is 2. The summed E-state index contributed by atoms with van der Waals surface area (Å²) >= 11 is 1.42. The molecule has 1 aliphatic carbocycles. The van der Waals surface area contributed by atoms with Gasteiger partial charge in [-0.3, -0.25) is 4.79 Å². The summed E-state index contributed by atoms with van der Waals surface area (Å²) < 4.78 is 5.37. The van der Waals surface area contributed by atoms with Gasteiger partial charge in [0, 0.05) is 16.5 Å². The Morgan fingerprint density at radius 3 is 2.96 bits per heavy atom.